The molecular weight excluding hydrogens is 360 g/mol. The van der Waals surface area contributed by atoms with Gasteiger partial charge in [-0.25, -0.2) is 9.97 Å². The summed E-state index contributed by atoms with van der Waals surface area (Å²) in [5, 5.41) is 6.77. The van der Waals surface area contributed by atoms with Gasteiger partial charge in [-0.05, 0) is 61.2 Å². The van der Waals surface area contributed by atoms with Gasteiger partial charge >= 0.3 is 0 Å². The van der Waals surface area contributed by atoms with Gasteiger partial charge in [0.15, 0.2) is 0 Å². The second-order valence-corrected chi connectivity index (χ2v) is 6.71. The Labute approximate surface area is 163 Å². The van der Waals surface area contributed by atoms with Gasteiger partial charge in [0.05, 0.1) is 0 Å². The second kappa shape index (κ2) is 8.64. The highest BCUT2D eigenvalue weighted by molar-refractivity contribution is 6.30. The number of benzene rings is 2. The Kier molecular flexibility index (Phi) is 6.04. The predicted octanol–water partition coefficient (Wildman–Crippen LogP) is 4.46. The monoisotopic (exact) mass is 380 g/mol. The largest absolute Gasteiger partial charge is 0.350 e. The first-order valence-electron chi connectivity index (χ1n) is 8.72. The lowest BCUT2D eigenvalue weighted by molar-refractivity contribution is 0.0949. The molecule has 0 radical (unpaired) electrons. The topological polar surface area (TPSA) is 66.9 Å². The number of hydrogen-bond acceptors (Lipinski definition) is 4. The van der Waals surface area contributed by atoms with Crippen molar-refractivity contribution in [2.45, 2.75) is 20.3 Å². The Balaban J connectivity index is 1.61. The van der Waals surface area contributed by atoms with Gasteiger partial charge in [0.2, 0.25) is 5.95 Å². The lowest BCUT2D eigenvalue weighted by atomic mass is 10.1. The van der Waals surface area contributed by atoms with Gasteiger partial charge in [0.25, 0.3) is 5.91 Å². The predicted molar refractivity (Wildman–Crippen MR) is 109 cm³/mol. The van der Waals surface area contributed by atoms with Crippen LogP contribution in [0.15, 0.2) is 54.7 Å². The number of carbonyl (C=O) groups is 1. The van der Waals surface area contributed by atoms with E-state index in [0.717, 1.165) is 23.2 Å². The fraction of sp³-hybridized carbons (Fsp3) is 0.190. The molecular formula is C21H21ClN4O. The fourth-order valence-corrected chi connectivity index (χ4v) is 2.74. The van der Waals surface area contributed by atoms with Crippen molar-refractivity contribution in [1.29, 1.82) is 0 Å². The minimum Gasteiger partial charge on any atom is -0.350 e. The van der Waals surface area contributed by atoms with E-state index in [1.165, 1.54) is 5.56 Å². The van der Waals surface area contributed by atoms with Gasteiger partial charge in [0.1, 0.15) is 5.69 Å². The molecule has 0 saturated heterocycles. The number of hydrogen-bond donors (Lipinski definition) is 2. The zero-order valence-electron chi connectivity index (χ0n) is 15.3. The van der Waals surface area contributed by atoms with Crippen LogP contribution in [0, 0.1) is 13.8 Å². The second-order valence-electron chi connectivity index (χ2n) is 6.27. The summed E-state index contributed by atoms with van der Waals surface area (Å²) in [5.74, 6) is 0.171. The maximum atomic E-state index is 12.4. The van der Waals surface area contributed by atoms with E-state index in [9.17, 15) is 4.79 Å². The molecule has 3 rings (SSSR count). The van der Waals surface area contributed by atoms with Crippen LogP contribution in [0.5, 0.6) is 0 Å². The quantitative estimate of drug-likeness (QED) is 0.662. The smallest absolute Gasteiger partial charge is 0.270 e. The molecule has 2 aromatic carbocycles. The molecule has 27 heavy (non-hydrogen) atoms. The van der Waals surface area contributed by atoms with Crippen molar-refractivity contribution in [3.05, 3.63) is 82.1 Å². The summed E-state index contributed by atoms with van der Waals surface area (Å²) in [5.41, 5.74) is 4.67. The van der Waals surface area contributed by atoms with Crippen LogP contribution >= 0.6 is 11.6 Å². The van der Waals surface area contributed by atoms with Crippen LogP contribution < -0.4 is 10.6 Å². The highest BCUT2D eigenvalue weighted by Gasteiger charge is 2.09. The molecule has 0 aliphatic rings. The van der Waals surface area contributed by atoms with Gasteiger partial charge in [-0.15, -0.1) is 0 Å². The molecule has 0 aliphatic heterocycles. The van der Waals surface area contributed by atoms with Crippen LogP contribution in [-0.2, 0) is 6.42 Å². The highest BCUT2D eigenvalue weighted by Crippen LogP contribution is 2.20. The first kappa shape index (κ1) is 18.9. The molecule has 6 heteroatoms. The molecule has 1 aromatic heterocycles. The molecule has 0 saturated carbocycles. The first-order valence-corrected chi connectivity index (χ1v) is 9.09. The SMILES string of the molecule is Cc1cccc(Nc2nccc(C(=O)NCCc3ccc(Cl)cc3)n2)c1C. The third-order valence-electron chi connectivity index (χ3n) is 4.35. The van der Waals surface area contributed by atoms with E-state index in [1.54, 1.807) is 12.3 Å². The minimum absolute atomic E-state index is 0.227. The minimum atomic E-state index is -0.227. The van der Waals surface area contributed by atoms with E-state index >= 15 is 0 Å². The van der Waals surface area contributed by atoms with Crippen molar-refractivity contribution >= 4 is 29.1 Å². The van der Waals surface area contributed by atoms with Crippen molar-refractivity contribution in [3.63, 3.8) is 0 Å². The number of aryl methyl sites for hydroxylation is 1. The molecule has 2 N–H and O–H groups in total. The number of nitrogens with one attached hydrogen (secondary N) is 2. The number of rotatable bonds is 6. The molecule has 0 bridgehead atoms. The summed E-state index contributed by atoms with van der Waals surface area (Å²) < 4.78 is 0. The summed E-state index contributed by atoms with van der Waals surface area (Å²) in [6.07, 6.45) is 2.30. The number of amides is 1. The summed E-state index contributed by atoms with van der Waals surface area (Å²) in [7, 11) is 0. The van der Waals surface area contributed by atoms with E-state index in [4.69, 9.17) is 11.6 Å². The Hall–Kier alpha value is -2.92. The number of nitrogens with zero attached hydrogens (tertiary/aromatic N) is 2. The molecule has 0 unspecified atom stereocenters. The summed E-state index contributed by atoms with van der Waals surface area (Å²) >= 11 is 5.88. The molecule has 0 atom stereocenters. The van der Waals surface area contributed by atoms with Gasteiger partial charge in [-0.3, -0.25) is 4.79 Å². The average molecular weight is 381 g/mol. The third-order valence-corrected chi connectivity index (χ3v) is 4.60. The lowest BCUT2D eigenvalue weighted by Crippen LogP contribution is -2.26. The van der Waals surface area contributed by atoms with Crippen LogP contribution in [0.4, 0.5) is 11.6 Å². The van der Waals surface area contributed by atoms with E-state index < -0.39 is 0 Å². The Morgan fingerprint density at radius 2 is 1.85 bits per heavy atom. The molecule has 138 valence electrons. The van der Waals surface area contributed by atoms with E-state index in [1.807, 2.05) is 56.3 Å². The Bertz CT molecular complexity index is 941. The van der Waals surface area contributed by atoms with E-state index in [0.29, 0.717) is 23.2 Å². The van der Waals surface area contributed by atoms with Crippen LogP contribution in [0.3, 0.4) is 0 Å². The van der Waals surface area contributed by atoms with Crippen LogP contribution in [-0.4, -0.2) is 22.4 Å². The number of anilines is 2. The van der Waals surface area contributed by atoms with Gasteiger partial charge < -0.3 is 10.6 Å². The zero-order valence-corrected chi connectivity index (χ0v) is 16.0. The first-order chi connectivity index (χ1) is 13.0. The van der Waals surface area contributed by atoms with Crippen LogP contribution in [0.2, 0.25) is 5.02 Å². The van der Waals surface area contributed by atoms with Crippen molar-refractivity contribution < 1.29 is 4.79 Å². The number of halogens is 1. The molecule has 5 nitrogen and oxygen atoms in total. The van der Waals surface area contributed by atoms with Gasteiger partial charge in [-0.2, -0.15) is 0 Å². The van der Waals surface area contributed by atoms with Crippen molar-refractivity contribution in [1.82, 2.24) is 15.3 Å². The summed E-state index contributed by atoms with van der Waals surface area (Å²) in [6, 6.07) is 15.2. The standard InChI is InChI=1S/C21H21ClN4O/c1-14-4-3-5-18(15(14)2)25-21-24-13-11-19(26-21)20(27)23-12-10-16-6-8-17(22)9-7-16/h3-9,11,13H,10,12H2,1-2H3,(H,23,27)(H,24,25,26). The van der Waals surface area contributed by atoms with Crippen LogP contribution in [0.25, 0.3) is 0 Å². The number of aromatic nitrogens is 2. The highest BCUT2D eigenvalue weighted by atomic mass is 35.5. The molecule has 0 fully saturated rings. The summed E-state index contributed by atoms with van der Waals surface area (Å²) in [6.45, 7) is 4.60. The van der Waals surface area contributed by atoms with E-state index in [2.05, 4.69) is 20.6 Å². The van der Waals surface area contributed by atoms with E-state index in [-0.39, 0.29) is 5.91 Å². The third kappa shape index (κ3) is 5.05. The molecule has 0 spiro atoms. The average Bonchev–Trinajstić information content (AvgIpc) is 2.67. The van der Waals surface area contributed by atoms with Crippen molar-refractivity contribution in [2.75, 3.05) is 11.9 Å². The molecule has 1 heterocycles. The molecule has 1 amide bonds. The molecule has 3 aromatic rings. The van der Waals surface area contributed by atoms with Crippen molar-refractivity contribution in [3.8, 4) is 0 Å². The maximum Gasteiger partial charge on any atom is 0.270 e. The molecule has 0 aliphatic carbocycles. The van der Waals surface area contributed by atoms with Gasteiger partial charge in [0, 0.05) is 23.5 Å². The summed E-state index contributed by atoms with van der Waals surface area (Å²) in [4.78, 5) is 20.9. The van der Waals surface area contributed by atoms with Gasteiger partial charge in [-0.1, -0.05) is 35.9 Å². The normalized spacial score (nSPS) is 10.5. The Morgan fingerprint density at radius 1 is 1.07 bits per heavy atom. The zero-order chi connectivity index (χ0) is 19.2. The van der Waals surface area contributed by atoms with Crippen LogP contribution in [0.1, 0.15) is 27.2 Å². The maximum absolute atomic E-state index is 12.4. The number of carbonyl (C=O) groups excluding carboxylic acids is 1. The van der Waals surface area contributed by atoms with Crippen molar-refractivity contribution in [2.24, 2.45) is 0 Å². The fourth-order valence-electron chi connectivity index (χ4n) is 2.61. The lowest BCUT2D eigenvalue weighted by Gasteiger charge is -2.11. The Morgan fingerprint density at radius 3 is 2.63 bits per heavy atom.